The number of hydrogen-bond acceptors (Lipinski definition) is 5. The molecule has 5 heteroatoms. The van der Waals surface area contributed by atoms with Crippen molar-refractivity contribution < 1.29 is 4.42 Å². The molecule has 0 bridgehead atoms. The highest BCUT2D eigenvalue weighted by Crippen LogP contribution is 2.21. The summed E-state index contributed by atoms with van der Waals surface area (Å²) in [6.07, 6.45) is 3.18. The van der Waals surface area contributed by atoms with Gasteiger partial charge in [-0.1, -0.05) is 0 Å². The molecule has 100 valence electrons. The van der Waals surface area contributed by atoms with E-state index in [9.17, 15) is 0 Å². The molecular weight excluding hydrogens is 240 g/mol. The van der Waals surface area contributed by atoms with Crippen molar-refractivity contribution in [3.8, 4) is 0 Å². The van der Waals surface area contributed by atoms with Gasteiger partial charge in [0.1, 0.15) is 6.26 Å². The van der Waals surface area contributed by atoms with Crippen molar-refractivity contribution in [3.05, 3.63) is 36.7 Å². The number of benzene rings is 1. The molecule has 0 atom stereocenters. The van der Waals surface area contributed by atoms with Gasteiger partial charge in [0.25, 0.3) is 6.01 Å². The zero-order valence-electron chi connectivity index (χ0n) is 11.0. The average molecular weight is 258 g/mol. The molecule has 3 rings (SSSR count). The molecule has 5 nitrogen and oxygen atoms in total. The van der Waals surface area contributed by atoms with Gasteiger partial charge in [-0.25, -0.2) is 4.98 Å². The first kappa shape index (κ1) is 12.0. The van der Waals surface area contributed by atoms with Gasteiger partial charge in [0.05, 0.1) is 6.20 Å². The van der Waals surface area contributed by atoms with E-state index in [4.69, 9.17) is 4.42 Å². The molecular formula is C14H18N4O. The third kappa shape index (κ3) is 2.88. The monoisotopic (exact) mass is 258 g/mol. The Bertz CT molecular complexity index is 501. The molecule has 0 saturated carbocycles. The lowest BCUT2D eigenvalue weighted by Crippen LogP contribution is -2.44. The van der Waals surface area contributed by atoms with Crippen molar-refractivity contribution in [1.29, 1.82) is 0 Å². The first-order valence-electron chi connectivity index (χ1n) is 6.51. The smallest absolute Gasteiger partial charge is 0.299 e. The number of nitrogens with zero attached hydrogens (tertiary/aromatic N) is 3. The van der Waals surface area contributed by atoms with Gasteiger partial charge in [0.2, 0.25) is 0 Å². The maximum absolute atomic E-state index is 5.16. The van der Waals surface area contributed by atoms with E-state index in [1.54, 1.807) is 12.5 Å². The molecule has 1 N–H and O–H groups in total. The summed E-state index contributed by atoms with van der Waals surface area (Å²) in [4.78, 5) is 8.81. The molecule has 1 aliphatic heterocycles. The van der Waals surface area contributed by atoms with Crippen molar-refractivity contribution in [2.24, 2.45) is 0 Å². The number of aromatic nitrogens is 1. The normalized spacial score (nSPS) is 16.6. The second-order valence-corrected chi connectivity index (χ2v) is 4.80. The van der Waals surface area contributed by atoms with Crippen LogP contribution in [0.2, 0.25) is 0 Å². The predicted molar refractivity (Wildman–Crippen MR) is 75.9 cm³/mol. The average Bonchev–Trinajstić information content (AvgIpc) is 2.94. The van der Waals surface area contributed by atoms with Crippen LogP contribution in [0, 0.1) is 0 Å². The lowest BCUT2D eigenvalue weighted by Gasteiger charge is -2.34. The molecule has 0 unspecified atom stereocenters. The molecule has 0 radical (unpaired) electrons. The summed E-state index contributed by atoms with van der Waals surface area (Å²) in [6.45, 7) is 4.42. The van der Waals surface area contributed by atoms with Crippen LogP contribution in [0.3, 0.4) is 0 Å². The molecule has 1 fully saturated rings. The molecule has 0 aliphatic carbocycles. The summed E-state index contributed by atoms with van der Waals surface area (Å²) in [6, 6.07) is 8.90. The third-order valence-electron chi connectivity index (χ3n) is 3.42. The van der Waals surface area contributed by atoms with Gasteiger partial charge in [-0.3, -0.25) is 0 Å². The lowest BCUT2D eigenvalue weighted by molar-refractivity contribution is 0.313. The van der Waals surface area contributed by atoms with Gasteiger partial charge in [0.15, 0.2) is 0 Å². The second kappa shape index (κ2) is 5.32. The fraction of sp³-hybridized carbons (Fsp3) is 0.357. The van der Waals surface area contributed by atoms with E-state index in [1.807, 2.05) is 0 Å². The van der Waals surface area contributed by atoms with Crippen LogP contribution in [0.1, 0.15) is 0 Å². The Balaban J connectivity index is 1.65. The molecule has 2 heterocycles. The van der Waals surface area contributed by atoms with Crippen molar-refractivity contribution in [2.75, 3.05) is 43.4 Å². The molecule has 19 heavy (non-hydrogen) atoms. The zero-order chi connectivity index (χ0) is 13.1. The Labute approximate surface area is 112 Å². The van der Waals surface area contributed by atoms with E-state index < -0.39 is 0 Å². The Morgan fingerprint density at radius 3 is 2.47 bits per heavy atom. The van der Waals surface area contributed by atoms with Gasteiger partial charge in [0, 0.05) is 37.6 Å². The number of hydrogen-bond donors (Lipinski definition) is 1. The first-order valence-corrected chi connectivity index (χ1v) is 6.51. The number of rotatable bonds is 3. The molecule has 1 aromatic carbocycles. The van der Waals surface area contributed by atoms with Gasteiger partial charge < -0.3 is 19.5 Å². The summed E-state index contributed by atoms with van der Waals surface area (Å²) >= 11 is 0. The fourth-order valence-corrected chi connectivity index (χ4v) is 2.23. The SMILES string of the molecule is CN1CCN(c2ccc(Nc3ncco3)cc2)CC1. The number of nitrogens with one attached hydrogen (secondary N) is 1. The summed E-state index contributed by atoms with van der Waals surface area (Å²) in [5.74, 6) is 0. The molecule has 1 saturated heterocycles. The minimum atomic E-state index is 0.521. The summed E-state index contributed by atoms with van der Waals surface area (Å²) in [5.41, 5.74) is 2.26. The molecule has 1 aromatic heterocycles. The Hall–Kier alpha value is -2.01. The van der Waals surface area contributed by atoms with E-state index in [0.717, 1.165) is 31.9 Å². The van der Waals surface area contributed by atoms with E-state index in [2.05, 4.69) is 51.4 Å². The van der Waals surface area contributed by atoms with Crippen LogP contribution in [-0.2, 0) is 0 Å². The largest absolute Gasteiger partial charge is 0.432 e. The Morgan fingerprint density at radius 1 is 1.11 bits per heavy atom. The minimum absolute atomic E-state index is 0.521. The van der Waals surface area contributed by atoms with E-state index in [-0.39, 0.29) is 0 Å². The number of likely N-dealkylation sites (N-methyl/N-ethyl adjacent to an activating group) is 1. The third-order valence-corrected chi connectivity index (χ3v) is 3.42. The van der Waals surface area contributed by atoms with E-state index in [0.29, 0.717) is 6.01 Å². The summed E-state index contributed by atoms with van der Waals surface area (Å²) in [7, 11) is 2.17. The first-order chi connectivity index (χ1) is 9.31. The van der Waals surface area contributed by atoms with Crippen molar-refractivity contribution in [2.45, 2.75) is 0 Å². The highest BCUT2D eigenvalue weighted by molar-refractivity contribution is 5.58. The van der Waals surface area contributed by atoms with Crippen LogP contribution in [-0.4, -0.2) is 43.1 Å². The quantitative estimate of drug-likeness (QED) is 0.914. The van der Waals surface area contributed by atoms with Crippen LogP contribution in [0.15, 0.2) is 41.1 Å². The van der Waals surface area contributed by atoms with Crippen LogP contribution in [0.25, 0.3) is 0 Å². The highest BCUT2D eigenvalue weighted by atomic mass is 16.4. The van der Waals surface area contributed by atoms with Gasteiger partial charge in [-0.2, -0.15) is 0 Å². The van der Waals surface area contributed by atoms with Crippen LogP contribution >= 0.6 is 0 Å². The van der Waals surface area contributed by atoms with E-state index >= 15 is 0 Å². The number of oxazole rings is 1. The minimum Gasteiger partial charge on any atom is -0.432 e. The molecule has 2 aromatic rings. The van der Waals surface area contributed by atoms with Crippen LogP contribution < -0.4 is 10.2 Å². The van der Waals surface area contributed by atoms with Gasteiger partial charge in [-0.05, 0) is 31.3 Å². The van der Waals surface area contributed by atoms with E-state index in [1.165, 1.54) is 5.69 Å². The maximum Gasteiger partial charge on any atom is 0.299 e. The van der Waals surface area contributed by atoms with Gasteiger partial charge in [-0.15, -0.1) is 0 Å². The van der Waals surface area contributed by atoms with Crippen molar-refractivity contribution in [3.63, 3.8) is 0 Å². The van der Waals surface area contributed by atoms with Gasteiger partial charge >= 0.3 is 0 Å². The topological polar surface area (TPSA) is 44.5 Å². The Kier molecular flexibility index (Phi) is 3.37. The maximum atomic E-state index is 5.16. The standard InChI is InChI=1S/C14H18N4O/c1-17-7-9-18(10-8-17)13-4-2-12(3-5-13)16-14-15-6-11-19-14/h2-6,11H,7-10H2,1H3,(H,15,16). The predicted octanol–water partition coefficient (Wildman–Crippen LogP) is 2.17. The highest BCUT2D eigenvalue weighted by Gasteiger charge is 2.13. The van der Waals surface area contributed by atoms with Crippen LogP contribution in [0.5, 0.6) is 0 Å². The second-order valence-electron chi connectivity index (χ2n) is 4.80. The molecule has 0 spiro atoms. The molecule has 1 aliphatic rings. The fourth-order valence-electron chi connectivity index (χ4n) is 2.23. The summed E-state index contributed by atoms with van der Waals surface area (Å²) in [5, 5.41) is 3.12. The van der Waals surface area contributed by atoms with Crippen molar-refractivity contribution in [1.82, 2.24) is 9.88 Å². The van der Waals surface area contributed by atoms with Crippen molar-refractivity contribution >= 4 is 17.4 Å². The summed E-state index contributed by atoms with van der Waals surface area (Å²) < 4.78 is 5.16. The number of piperazine rings is 1. The Morgan fingerprint density at radius 2 is 1.84 bits per heavy atom. The zero-order valence-corrected chi connectivity index (χ0v) is 11.0. The number of anilines is 3. The van der Waals surface area contributed by atoms with Crippen LogP contribution in [0.4, 0.5) is 17.4 Å². The molecule has 0 amide bonds. The lowest BCUT2D eigenvalue weighted by atomic mass is 10.2.